The van der Waals surface area contributed by atoms with Gasteiger partial charge in [0.1, 0.15) is 0 Å². The molecule has 0 bridgehead atoms. The van der Waals surface area contributed by atoms with Crippen LogP contribution in [0.1, 0.15) is 46.8 Å². The second-order valence-corrected chi connectivity index (χ2v) is 8.60. The summed E-state index contributed by atoms with van der Waals surface area (Å²) in [6.07, 6.45) is 5.26. The minimum absolute atomic E-state index is 0.138. The van der Waals surface area contributed by atoms with Crippen LogP contribution in [-0.4, -0.2) is 58.7 Å². The van der Waals surface area contributed by atoms with Crippen LogP contribution in [0.15, 0.2) is 36.5 Å². The second-order valence-electron chi connectivity index (χ2n) is 8.60. The van der Waals surface area contributed by atoms with Crippen molar-refractivity contribution in [3.63, 3.8) is 0 Å². The molecule has 3 heterocycles. The van der Waals surface area contributed by atoms with Gasteiger partial charge < -0.3 is 9.80 Å². The summed E-state index contributed by atoms with van der Waals surface area (Å²) >= 11 is 0. The summed E-state index contributed by atoms with van der Waals surface area (Å²) in [5.41, 5.74) is 3.35. The normalized spacial score (nSPS) is 22.9. The number of carbonyl (C=O) groups is 1. The molecule has 144 valence electrons. The number of amides is 1. The number of carbonyl (C=O) groups excluding carboxylic acids is 1. The molecule has 1 aromatic carbocycles. The summed E-state index contributed by atoms with van der Waals surface area (Å²) in [5, 5.41) is 4.33. The van der Waals surface area contributed by atoms with Gasteiger partial charge in [-0.3, -0.25) is 9.48 Å². The fourth-order valence-corrected chi connectivity index (χ4v) is 5.14. The van der Waals surface area contributed by atoms with Crippen LogP contribution in [0.4, 0.5) is 0 Å². The quantitative estimate of drug-likeness (QED) is 0.820. The third-order valence-corrected chi connectivity index (χ3v) is 6.44. The van der Waals surface area contributed by atoms with E-state index in [4.69, 9.17) is 0 Å². The molecular formula is C22H30N4O. The van der Waals surface area contributed by atoms with Gasteiger partial charge in [-0.1, -0.05) is 30.3 Å². The first-order valence-electron chi connectivity index (χ1n) is 9.99. The first kappa shape index (κ1) is 18.2. The van der Waals surface area contributed by atoms with Crippen molar-refractivity contribution >= 4 is 5.91 Å². The summed E-state index contributed by atoms with van der Waals surface area (Å²) < 4.78 is 1.73. The number of hydrogen-bond acceptors (Lipinski definition) is 3. The molecule has 1 spiro atoms. The second kappa shape index (κ2) is 7.12. The maximum atomic E-state index is 12.9. The van der Waals surface area contributed by atoms with E-state index >= 15 is 0 Å². The summed E-state index contributed by atoms with van der Waals surface area (Å²) in [4.78, 5) is 17.4. The third-order valence-electron chi connectivity index (χ3n) is 6.44. The third kappa shape index (κ3) is 3.65. The topological polar surface area (TPSA) is 41.4 Å². The van der Waals surface area contributed by atoms with Crippen molar-refractivity contribution in [1.82, 2.24) is 19.6 Å². The minimum atomic E-state index is 0.138. The van der Waals surface area contributed by atoms with Crippen LogP contribution in [0, 0.1) is 12.3 Å². The molecule has 2 aliphatic rings. The monoisotopic (exact) mass is 366 g/mol. The fourth-order valence-electron chi connectivity index (χ4n) is 5.14. The molecule has 2 aromatic rings. The van der Waals surface area contributed by atoms with E-state index in [1.54, 1.807) is 4.68 Å². The molecule has 2 saturated heterocycles. The predicted molar refractivity (Wildman–Crippen MR) is 107 cm³/mol. The highest BCUT2D eigenvalue weighted by Gasteiger charge is 2.42. The number of likely N-dealkylation sites (tertiary alicyclic amines) is 2. The Morgan fingerprint density at radius 3 is 2.48 bits per heavy atom. The fraction of sp³-hybridized carbons (Fsp3) is 0.545. The number of likely N-dealkylation sites (N-methyl/N-ethyl adjacent to an activating group) is 1. The Labute approximate surface area is 162 Å². The molecule has 0 N–H and O–H groups in total. The van der Waals surface area contributed by atoms with Crippen molar-refractivity contribution in [2.45, 2.75) is 32.1 Å². The Hall–Kier alpha value is -2.14. The lowest BCUT2D eigenvalue weighted by Crippen LogP contribution is -2.51. The Kier molecular flexibility index (Phi) is 4.81. The standard InChI is InChI=1S/C22H30N4O/c1-17-20(15-25(3)23-17)21(27)26-11-9-22(10-12-26)13-19(14-24(2)16-22)18-7-5-4-6-8-18/h4-8,15,19H,9-14,16H2,1-3H3. The van der Waals surface area contributed by atoms with E-state index in [0.29, 0.717) is 11.3 Å². The van der Waals surface area contributed by atoms with E-state index < -0.39 is 0 Å². The Morgan fingerprint density at radius 2 is 1.85 bits per heavy atom. The van der Waals surface area contributed by atoms with E-state index in [0.717, 1.165) is 50.3 Å². The number of hydrogen-bond donors (Lipinski definition) is 0. The zero-order valence-electron chi connectivity index (χ0n) is 16.7. The summed E-state index contributed by atoms with van der Waals surface area (Å²) in [6, 6.07) is 10.9. The van der Waals surface area contributed by atoms with E-state index in [1.807, 2.05) is 25.1 Å². The highest BCUT2D eigenvalue weighted by molar-refractivity contribution is 5.95. The van der Waals surface area contributed by atoms with Crippen molar-refractivity contribution in [3.8, 4) is 0 Å². The van der Waals surface area contributed by atoms with Gasteiger partial charge in [0, 0.05) is 39.4 Å². The van der Waals surface area contributed by atoms with Crippen LogP contribution in [0.3, 0.4) is 0 Å². The summed E-state index contributed by atoms with van der Waals surface area (Å²) in [7, 11) is 4.12. The molecule has 5 heteroatoms. The first-order chi connectivity index (χ1) is 13.0. The first-order valence-corrected chi connectivity index (χ1v) is 9.99. The molecule has 1 amide bonds. The zero-order valence-corrected chi connectivity index (χ0v) is 16.7. The number of aryl methyl sites for hydroxylation is 2. The molecular weight excluding hydrogens is 336 g/mol. The van der Waals surface area contributed by atoms with Gasteiger partial charge >= 0.3 is 0 Å². The van der Waals surface area contributed by atoms with Crippen LogP contribution in [0.5, 0.6) is 0 Å². The number of benzene rings is 1. The highest BCUT2D eigenvalue weighted by atomic mass is 16.2. The SMILES string of the molecule is Cc1nn(C)cc1C(=O)N1CCC2(CC1)CC(c1ccccc1)CN(C)C2. The smallest absolute Gasteiger partial charge is 0.257 e. The lowest BCUT2D eigenvalue weighted by Gasteiger charge is -2.49. The van der Waals surface area contributed by atoms with Gasteiger partial charge in [0.05, 0.1) is 11.3 Å². The van der Waals surface area contributed by atoms with Crippen LogP contribution in [0.2, 0.25) is 0 Å². The lowest BCUT2D eigenvalue weighted by molar-refractivity contribution is 0.0224. The van der Waals surface area contributed by atoms with Crippen LogP contribution in [-0.2, 0) is 7.05 Å². The van der Waals surface area contributed by atoms with Crippen molar-refractivity contribution in [3.05, 3.63) is 53.3 Å². The minimum Gasteiger partial charge on any atom is -0.339 e. The van der Waals surface area contributed by atoms with Gasteiger partial charge in [-0.2, -0.15) is 5.10 Å². The van der Waals surface area contributed by atoms with Gasteiger partial charge in [0.25, 0.3) is 5.91 Å². The van der Waals surface area contributed by atoms with Crippen molar-refractivity contribution in [2.75, 3.05) is 33.2 Å². The van der Waals surface area contributed by atoms with Gasteiger partial charge in [0.15, 0.2) is 0 Å². The Balaban J connectivity index is 1.45. The van der Waals surface area contributed by atoms with Crippen LogP contribution >= 0.6 is 0 Å². The van der Waals surface area contributed by atoms with E-state index in [9.17, 15) is 4.79 Å². The molecule has 5 nitrogen and oxygen atoms in total. The maximum absolute atomic E-state index is 12.9. The van der Waals surface area contributed by atoms with Gasteiger partial charge in [-0.05, 0) is 50.1 Å². The molecule has 0 saturated carbocycles. The molecule has 4 rings (SSSR count). The number of rotatable bonds is 2. The molecule has 0 radical (unpaired) electrons. The average Bonchev–Trinajstić information content (AvgIpc) is 3.00. The number of piperidine rings is 2. The molecule has 27 heavy (non-hydrogen) atoms. The van der Waals surface area contributed by atoms with Gasteiger partial charge in [-0.25, -0.2) is 0 Å². The van der Waals surface area contributed by atoms with E-state index in [2.05, 4.69) is 47.4 Å². The van der Waals surface area contributed by atoms with Gasteiger partial charge in [-0.15, -0.1) is 0 Å². The lowest BCUT2D eigenvalue weighted by atomic mass is 9.68. The average molecular weight is 367 g/mol. The number of aromatic nitrogens is 2. The molecule has 1 unspecified atom stereocenters. The molecule has 2 aliphatic heterocycles. The zero-order chi connectivity index (χ0) is 19.0. The van der Waals surface area contributed by atoms with Gasteiger partial charge in [0.2, 0.25) is 0 Å². The Bertz CT molecular complexity index is 805. The summed E-state index contributed by atoms with van der Waals surface area (Å²) in [5.74, 6) is 0.729. The molecule has 2 fully saturated rings. The molecule has 1 aromatic heterocycles. The van der Waals surface area contributed by atoms with Crippen molar-refractivity contribution in [2.24, 2.45) is 12.5 Å². The van der Waals surface area contributed by atoms with Crippen molar-refractivity contribution < 1.29 is 4.79 Å². The summed E-state index contributed by atoms with van der Waals surface area (Å²) in [6.45, 7) is 5.89. The van der Waals surface area contributed by atoms with E-state index in [-0.39, 0.29) is 5.91 Å². The predicted octanol–water partition coefficient (Wildman–Crippen LogP) is 3.07. The van der Waals surface area contributed by atoms with Crippen molar-refractivity contribution in [1.29, 1.82) is 0 Å². The van der Waals surface area contributed by atoms with Crippen LogP contribution in [0.25, 0.3) is 0 Å². The Morgan fingerprint density at radius 1 is 1.15 bits per heavy atom. The maximum Gasteiger partial charge on any atom is 0.257 e. The largest absolute Gasteiger partial charge is 0.339 e. The number of nitrogens with zero attached hydrogens (tertiary/aromatic N) is 4. The van der Waals surface area contributed by atoms with E-state index in [1.165, 1.54) is 12.0 Å². The van der Waals surface area contributed by atoms with Crippen LogP contribution < -0.4 is 0 Å². The molecule has 0 aliphatic carbocycles. The highest BCUT2D eigenvalue weighted by Crippen LogP contribution is 2.44. The molecule has 1 atom stereocenters.